The van der Waals surface area contributed by atoms with Crippen molar-refractivity contribution in [1.82, 2.24) is 10.3 Å². The summed E-state index contributed by atoms with van der Waals surface area (Å²) in [5.74, 6) is 0. The van der Waals surface area contributed by atoms with Crippen LogP contribution in [0.1, 0.15) is 31.4 Å². The van der Waals surface area contributed by atoms with Gasteiger partial charge in [0.25, 0.3) is 0 Å². The van der Waals surface area contributed by atoms with Gasteiger partial charge in [0, 0.05) is 31.2 Å². The summed E-state index contributed by atoms with van der Waals surface area (Å²) < 4.78 is 0. The van der Waals surface area contributed by atoms with Gasteiger partial charge in [0.2, 0.25) is 0 Å². The van der Waals surface area contributed by atoms with Crippen LogP contribution in [0.5, 0.6) is 0 Å². The van der Waals surface area contributed by atoms with Crippen molar-refractivity contribution in [3.8, 4) is 6.07 Å². The van der Waals surface area contributed by atoms with Crippen LogP contribution in [0.2, 0.25) is 0 Å². The molecule has 4 nitrogen and oxygen atoms in total. The van der Waals surface area contributed by atoms with Gasteiger partial charge in [-0.3, -0.25) is 0 Å². The van der Waals surface area contributed by atoms with E-state index in [9.17, 15) is 5.26 Å². The fraction of sp³-hybridized carbons (Fsp3) is 0.600. The first-order chi connectivity index (χ1) is 9.33. The largest absolute Gasteiger partial charge is 0.369 e. The second-order valence-corrected chi connectivity index (χ2v) is 5.79. The highest BCUT2D eigenvalue weighted by Crippen LogP contribution is 2.37. The monoisotopic (exact) mass is 256 g/mol. The topological polar surface area (TPSA) is 52.0 Å². The van der Waals surface area contributed by atoms with Gasteiger partial charge in [0.1, 0.15) is 6.07 Å². The third kappa shape index (κ3) is 2.43. The standard InChI is InChI=1S/C15H20N4/c16-10-13-14(4-1-8-18-13)19-9-3-6-15(12-19)5-2-7-17-11-15/h1,4,8,17H,2-3,5-7,9,11-12H2. The van der Waals surface area contributed by atoms with Gasteiger partial charge in [0.05, 0.1) is 5.69 Å². The normalized spacial score (nSPS) is 27.2. The molecule has 3 rings (SSSR count). The lowest BCUT2D eigenvalue weighted by Crippen LogP contribution is -2.51. The van der Waals surface area contributed by atoms with Crippen LogP contribution < -0.4 is 10.2 Å². The van der Waals surface area contributed by atoms with E-state index in [1.54, 1.807) is 6.20 Å². The predicted molar refractivity (Wildman–Crippen MR) is 74.9 cm³/mol. The first-order valence-electron chi connectivity index (χ1n) is 7.14. The number of nitrogens with zero attached hydrogens (tertiary/aromatic N) is 3. The van der Waals surface area contributed by atoms with Crippen LogP contribution in [-0.4, -0.2) is 31.2 Å². The maximum Gasteiger partial charge on any atom is 0.163 e. The Morgan fingerprint density at radius 1 is 1.37 bits per heavy atom. The molecule has 4 heteroatoms. The quantitative estimate of drug-likeness (QED) is 0.834. The molecule has 0 radical (unpaired) electrons. The number of nitrogens with one attached hydrogen (secondary N) is 1. The van der Waals surface area contributed by atoms with E-state index in [4.69, 9.17) is 0 Å². The Bertz CT molecular complexity index is 480. The third-order valence-electron chi connectivity index (χ3n) is 4.46. The number of rotatable bonds is 1. The zero-order chi connectivity index (χ0) is 13.1. The molecule has 2 fully saturated rings. The Labute approximate surface area is 114 Å². The van der Waals surface area contributed by atoms with Crippen LogP contribution >= 0.6 is 0 Å². The highest BCUT2D eigenvalue weighted by Gasteiger charge is 2.37. The van der Waals surface area contributed by atoms with E-state index < -0.39 is 0 Å². The molecule has 0 amide bonds. The summed E-state index contributed by atoms with van der Waals surface area (Å²) >= 11 is 0. The van der Waals surface area contributed by atoms with Gasteiger partial charge in [-0.25, -0.2) is 4.98 Å². The van der Waals surface area contributed by atoms with E-state index >= 15 is 0 Å². The molecule has 0 aliphatic carbocycles. The lowest BCUT2D eigenvalue weighted by atomic mass is 9.74. The second kappa shape index (κ2) is 5.18. The molecule has 1 atom stereocenters. The maximum absolute atomic E-state index is 9.20. The Kier molecular flexibility index (Phi) is 3.39. The van der Waals surface area contributed by atoms with Gasteiger partial charge < -0.3 is 10.2 Å². The second-order valence-electron chi connectivity index (χ2n) is 5.79. The number of hydrogen-bond acceptors (Lipinski definition) is 4. The van der Waals surface area contributed by atoms with Crippen LogP contribution in [0.4, 0.5) is 5.69 Å². The van der Waals surface area contributed by atoms with Crippen LogP contribution in [0.25, 0.3) is 0 Å². The van der Waals surface area contributed by atoms with Crippen molar-refractivity contribution in [1.29, 1.82) is 5.26 Å². The minimum atomic E-state index is 0.402. The van der Waals surface area contributed by atoms with Crippen LogP contribution in [0.3, 0.4) is 0 Å². The summed E-state index contributed by atoms with van der Waals surface area (Å²) in [6, 6.07) is 6.17. The van der Waals surface area contributed by atoms with Gasteiger partial charge in [-0.15, -0.1) is 0 Å². The van der Waals surface area contributed by atoms with E-state index in [1.807, 2.05) is 12.1 Å². The molecule has 1 spiro atoms. The lowest BCUT2D eigenvalue weighted by molar-refractivity contribution is 0.173. The Hall–Kier alpha value is -1.60. The fourth-order valence-corrected chi connectivity index (χ4v) is 3.53. The van der Waals surface area contributed by atoms with Crippen LogP contribution in [0, 0.1) is 16.7 Å². The molecular weight excluding hydrogens is 236 g/mol. The Balaban J connectivity index is 1.83. The summed E-state index contributed by atoms with van der Waals surface area (Å²) in [6.45, 7) is 4.37. The molecule has 1 unspecified atom stereocenters. The molecule has 19 heavy (non-hydrogen) atoms. The number of anilines is 1. The highest BCUT2D eigenvalue weighted by atomic mass is 15.2. The first-order valence-corrected chi connectivity index (χ1v) is 7.14. The first kappa shape index (κ1) is 12.4. The maximum atomic E-state index is 9.20. The van der Waals surface area contributed by atoms with E-state index in [-0.39, 0.29) is 0 Å². The summed E-state index contributed by atoms with van der Waals surface area (Å²) in [6.07, 6.45) is 6.79. The number of pyridine rings is 1. The molecule has 0 saturated carbocycles. The molecule has 1 N–H and O–H groups in total. The zero-order valence-electron chi connectivity index (χ0n) is 11.2. The summed E-state index contributed by atoms with van der Waals surface area (Å²) in [7, 11) is 0. The zero-order valence-corrected chi connectivity index (χ0v) is 11.2. The van der Waals surface area contributed by atoms with E-state index in [0.717, 1.165) is 31.9 Å². The molecule has 2 aliphatic heterocycles. The van der Waals surface area contributed by atoms with Crippen LogP contribution in [0.15, 0.2) is 18.3 Å². The van der Waals surface area contributed by atoms with E-state index in [1.165, 1.54) is 25.7 Å². The van der Waals surface area contributed by atoms with Crippen molar-refractivity contribution in [2.45, 2.75) is 25.7 Å². The number of hydrogen-bond donors (Lipinski definition) is 1. The highest BCUT2D eigenvalue weighted by molar-refractivity contribution is 5.56. The fourth-order valence-electron chi connectivity index (χ4n) is 3.53. The van der Waals surface area contributed by atoms with Crippen molar-refractivity contribution in [2.24, 2.45) is 5.41 Å². The summed E-state index contributed by atoms with van der Waals surface area (Å²) in [5, 5.41) is 12.7. The average Bonchev–Trinajstić information content (AvgIpc) is 2.48. The van der Waals surface area contributed by atoms with Gasteiger partial charge in [-0.1, -0.05) is 0 Å². The lowest BCUT2D eigenvalue weighted by Gasteiger charge is -2.46. The van der Waals surface area contributed by atoms with Crippen molar-refractivity contribution in [3.05, 3.63) is 24.0 Å². The minimum Gasteiger partial charge on any atom is -0.369 e. The minimum absolute atomic E-state index is 0.402. The summed E-state index contributed by atoms with van der Waals surface area (Å²) in [4.78, 5) is 6.55. The number of piperidine rings is 2. The molecule has 2 saturated heterocycles. The van der Waals surface area contributed by atoms with Crippen molar-refractivity contribution < 1.29 is 0 Å². The molecule has 0 aromatic carbocycles. The molecule has 1 aromatic rings. The van der Waals surface area contributed by atoms with Crippen molar-refractivity contribution >= 4 is 5.69 Å². The summed E-state index contributed by atoms with van der Waals surface area (Å²) in [5.41, 5.74) is 1.97. The predicted octanol–water partition coefficient (Wildman–Crippen LogP) is 1.92. The molecule has 0 bridgehead atoms. The average molecular weight is 256 g/mol. The molecule has 3 heterocycles. The van der Waals surface area contributed by atoms with Crippen molar-refractivity contribution in [2.75, 3.05) is 31.1 Å². The number of aromatic nitrogens is 1. The SMILES string of the molecule is N#Cc1ncccc1N1CCCC2(CCCNC2)C1. The molecular formula is C15H20N4. The Morgan fingerprint density at radius 3 is 3.05 bits per heavy atom. The molecule has 100 valence electrons. The smallest absolute Gasteiger partial charge is 0.163 e. The van der Waals surface area contributed by atoms with Gasteiger partial charge in [-0.05, 0) is 44.4 Å². The van der Waals surface area contributed by atoms with E-state index in [0.29, 0.717) is 11.1 Å². The Morgan fingerprint density at radius 2 is 2.26 bits per heavy atom. The van der Waals surface area contributed by atoms with Crippen molar-refractivity contribution in [3.63, 3.8) is 0 Å². The van der Waals surface area contributed by atoms with Gasteiger partial charge >= 0.3 is 0 Å². The van der Waals surface area contributed by atoms with Gasteiger partial charge in [-0.2, -0.15) is 5.26 Å². The number of nitriles is 1. The van der Waals surface area contributed by atoms with Gasteiger partial charge in [0.15, 0.2) is 5.69 Å². The van der Waals surface area contributed by atoms with E-state index in [2.05, 4.69) is 21.3 Å². The molecule has 2 aliphatic rings. The third-order valence-corrected chi connectivity index (χ3v) is 4.46. The molecule has 1 aromatic heterocycles. The van der Waals surface area contributed by atoms with Crippen LogP contribution in [-0.2, 0) is 0 Å².